The zero-order chi connectivity index (χ0) is 16.5. The summed E-state index contributed by atoms with van der Waals surface area (Å²) in [5.74, 6) is -0.288. The van der Waals surface area contributed by atoms with Crippen molar-refractivity contribution in [3.63, 3.8) is 0 Å². The molecule has 5 heteroatoms. The van der Waals surface area contributed by atoms with Crippen LogP contribution < -0.4 is 5.32 Å². The van der Waals surface area contributed by atoms with E-state index in [1.807, 2.05) is 42.5 Å². The van der Waals surface area contributed by atoms with Gasteiger partial charge in [0, 0.05) is 19.0 Å². The standard InChI is InChI=1S/C18H19NO4/c1-14(20)22-12-11-15-7-9-17(10-8-15)19-18(21)23-13-16-5-3-2-4-6-16/h2-10H,11-13H2,1H3,(H,19,21). The Morgan fingerprint density at radius 2 is 1.61 bits per heavy atom. The molecule has 0 atom stereocenters. The maximum atomic E-state index is 11.7. The van der Waals surface area contributed by atoms with Gasteiger partial charge in [0.2, 0.25) is 0 Å². The number of carbonyl (C=O) groups excluding carboxylic acids is 2. The summed E-state index contributed by atoms with van der Waals surface area (Å²) < 4.78 is 10.0. The number of nitrogens with one attached hydrogen (secondary N) is 1. The Morgan fingerprint density at radius 1 is 0.913 bits per heavy atom. The molecule has 0 fully saturated rings. The Hall–Kier alpha value is -2.82. The third-order valence-corrected chi connectivity index (χ3v) is 3.11. The largest absolute Gasteiger partial charge is 0.466 e. The molecule has 2 aromatic rings. The molecule has 0 aliphatic carbocycles. The van der Waals surface area contributed by atoms with Crippen LogP contribution in [0.25, 0.3) is 0 Å². The lowest BCUT2D eigenvalue weighted by molar-refractivity contribution is -0.140. The van der Waals surface area contributed by atoms with Gasteiger partial charge in [-0.1, -0.05) is 42.5 Å². The van der Waals surface area contributed by atoms with Gasteiger partial charge < -0.3 is 9.47 Å². The molecular formula is C18H19NO4. The molecule has 0 aliphatic rings. The molecule has 0 radical (unpaired) electrons. The molecular weight excluding hydrogens is 294 g/mol. The van der Waals surface area contributed by atoms with E-state index >= 15 is 0 Å². The summed E-state index contributed by atoms with van der Waals surface area (Å²) in [6.45, 7) is 1.96. The van der Waals surface area contributed by atoms with E-state index in [1.54, 1.807) is 12.1 Å². The topological polar surface area (TPSA) is 64.6 Å². The quantitative estimate of drug-likeness (QED) is 0.828. The Labute approximate surface area is 135 Å². The van der Waals surface area contributed by atoms with Crippen LogP contribution in [-0.4, -0.2) is 18.7 Å². The van der Waals surface area contributed by atoms with E-state index in [0.717, 1.165) is 11.1 Å². The number of benzene rings is 2. The van der Waals surface area contributed by atoms with Gasteiger partial charge in [-0.2, -0.15) is 0 Å². The van der Waals surface area contributed by atoms with Gasteiger partial charge in [-0.25, -0.2) is 4.79 Å². The van der Waals surface area contributed by atoms with Crippen molar-refractivity contribution in [2.24, 2.45) is 0 Å². The van der Waals surface area contributed by atoms with Crippen LogP contribution >= 0.6 is 0 Å². The second-order valence-corrected chi connectivity index (χ2v) is 4.97. The summed E-state index contributed by atoms with van der Waals surface area (Å²) >= 11 is 0. The van der Waals surface area contributed by atoms with Crippen LogP contribution in [0.2, 0.25) is 0 Å². The summed E-state index contributed by atoms with van der Waals surface area (Å²) in [7, 11) is 0. The van der Waals surface area contributed by atoms with Crippen LogP contribution in [0.1, 0.15) is 18.1 Å². The van der Waals surface area contributed by atoms with E-state index in [1.165, 1.54) is 6.92 Å². The molecule has 23 heavy (non-hydrogen) atoms. The van der Waals surface area contributed by atoms with Gasteiger partial charge in [0.05, 0.1) is 6.61 Å². The summed E-state index contributed by atoms with van der Waals surface area (Å²) in [5.41, 5.74) is 2.61. The summed E-state index contributed by atoms with van der Waals surface area (Å²) in [6.07, 6.45) is 0.139. The summed E-state index contributed by atoms with van der Waals surface area (Å²) in [5, 5.41) is 2.67. The molecule has 1 amide bonds. The normalized spacial score (nSPS) is 9.96. The number of anilines is 1. The van der Waals surface area contributed by atoms with Crippen LogP contribution in [0.3, 0.4) is 0 Å². The van der Waals surface area contributed by atoms with Crippen LogP contribution in [0, 0.1) is 0 Å². The number of ether oxygens (including phenoxy) is 2. The average Bonchev–Trinajstić information content (AvgIpc) is 2.55. The van der Waals surface area contributed by atoms with Crippen LogP contribution in [0.15, 0.2) is 54.6 Å². The number of amides is 1. The zero-order valence-electron chi connectivity index (χ0n) is 13.0. The van der Waals surface area contributed by atoms with Crippen LogP contribution in [-0.2, 0) is 27.3 Å². The van der Waals surface area contributed by atoms with E-state index in [-0.39, 0.29) is 12.6 Å². The lowest BCUT2D eigenvalue weighted by atomic mass is 10.1. The van der Waals surface area contributed by atoms with Crippen LogP contribution in [0.5, 0.6) is 0 Å². The fourth-order valence-electron chi connectivity index (χ4n) is 1.94. The van der Waals surface area contributed by atoms with Crippen molar-refractivity contribution < 1.29 is 19.1 Å². The van der Waals surface area contributed by atoms with Gasteiger partial charge in [-0.15, -0.1) is 0 Å². The smallest absolute Gasteiger partial charge is 0.411 e. The van der Waals surface area contributed by atoms with E-state index in [2.05, 4.69) is 5.32 Å². The van der Waals surface area contributed by atoms with Gasteiger partial charge in [-0.05, 0) is 23.3 Å². The van der Waals surface area contributed by atoms with Crippen molar-refractivity contribution in [3.8, 4) is 0 Å². The van der Waals surface area contributed by atoms with E-state index in [0.29, 0.717) is 18.7 Å². The number of esters is 1. The molecule has 0 aliphatic heterocycles. The first-order chi connectivity index (χ1) is 11.1. The molecule has 0 heterocycles. The summed E-state index contributed by atoms with van der Waals surface area (Å²) in [4.78, 5) is 22.4. The van der Waals surface area contributed by atoms with Gasteiger partial charge in [0.1, 0.15) is 6.61 Å². The second kappa shape index (κ2) is 8.58. The monoisotopic (exact) mass is 313 g/mol. The lowest BCUT2D eigenvalue weighted by Crippen LogP contribution is -2.13. The fraction of sp³-hybridized carbons (Fsp3) is 0.222. The molecule has 0 bridgehead atoms. The maximum absolute atomic E-state index is 11.7. The first-order valence-corrected chi connectivity index (χ1v) is 7.33. The van der Waals surface area contributed by atoms with Gasteiger partial charge >= 0.3 is 12.1 Å². The highest BCUT2D eigenvalue weighted by atomic mass is 16.5. The highest BCUT2D eigenvalue weighted by molar-refractivity contribution is 5.84. The average molecular weight is 313 g/mol. The lowest BCUT2D eigenvalue weighted by Gasteiger charge is -2.08. The minimum absolute atomic E-state index is 0.229. The first-order valence-electron chi connectivity index (χ1n) is 7.33. The third-order valence-electron chi connectivity index (χ3n) is 3.11. The van der Waals surface area contributed by atoms with E-state index < -0.39 is 6.09 Å². The van der Waals surface area contributed by atoms with Gasteiger partial charge in [0.15, 0.2) is 0 Å². The van der Waals surface area contributed by atoms with Crippen molar-refractivity contribution in [1.82, 2.24) is 0 Å². The molecule has 2 aromatic carbocycles. The Kier molecular flexibility index (Phi) is 6.17. The fourth-order valence-corrected chi connectivity index (χ4v) is 1.94. The molecule has 2 rings (SSSR count). The minimum Gasteiger partial charge on any atom is -0.466 e. The molecule has 0 aromatic heterocycles. The predicted molar refractivity (Wildman–Crippen MR) is 87.0 cm³/mol. The van der Waals surface area contributed by atoms with Crippen molar-refractivity contribution >= 4 is 17.7 Å². The molecule has 0 saturated carbocycles. The highest BCUT2D eigenvalue weighted by Gasteiger charge is 2.04. The highest BCUT2D eigenvalue weighted by Crippen LogP contribution is 2.11. The Morgan fingerprint density at radius 3 is 2.26 bits per heavy atom. The number of carbonyl (C=O) groups is 2. The molecule has 120 valence electrons. The Balaban J connectivity index is 1.76. The molecule has 1 N–H and O–H groups in total. The zero-order valence-corrected chi connectivity index (χ0v) is 13.0. The molecule has 0 saturated heterocycles. The minimum atomic E-state index is -0.499. The second-order valence-electron chi connectivity index (χ2n) is 4.97. The van der Waals surface area contributed by atoms with Gasteiger partial charge in [-0.3, -0.25) is 10.1 Å². The molecule has 5 nitrogen and oxygen atoms in total. The van der Waals surface area contributed by atoms with Crippen LogP contribution in [0.4, 0.5) is 10.5 Å². The number of hydrogen-bond donors (Lipinski definition) is 1. The van der Waals surface area contributed by atoms with Crippen molar-refractivity contribution in [3.05, 3.63) is 65.7 Å². The maximum Gasteiger partial charge on any atom is 0.411 e. The van der Waals surface area contributed by atoms with Gasteiger partial charge in [0.25, 0.3) is 0 Å². The van der Waals surface area contributed by atoms with E-state index in [9.17, 15) is 9.59 Å². The molecule has 0 unspecified atom stereocenters. The number of hydrogen-bond acceptors (Lipinski definition) is 4. The summed E-state index contributed by atoms with van der Waals surface area (Å²) in [6, 6.07) is 16.8. The van der Waals surface area contributed by atoms with E-state index in [4.69, 9.17) is 9.47 Å². The number of rotatable bonds is 6. The predicted octanol–water partition coefficient (Wildman–Crippen LogP) is 3.54. The first kappa shape index (κ1) is 16.5. The SMILES string of the molecule is CC(=O)OCCc1ccc(NC(=O)OCc2ccccc2)cc1. The van der Waals surface area contributed by atoms with Crippen molar-refractivity contribution in [2.45, 2.75) is 20.0 Å². The third kappa shape index (κ3) is 6.22. The Bertz CT molecular complexity index is 638. The van der Waals surface area contributed by atoms with Crippen molar-refractivity contribution in [1.29, 1.82) is 0 Å². The van der Waals surface area contributed by atoms with Crippen molar-refractivity contribution in [2.75, 3.05) is 11.9 Å². The molecule has 0 spiro atoms.